The number of nitrogens with zero attached hydrogens (tertiary/aromatic N) is 1. The van der Waals surface area contributed by atoms with Crippen LogP contribution in [0.4, 0.5) is 4.39 Å². The molecule has 0 saturated carbocycles. The van der Waals surface area contributed by atoms with E-state index in [1.165, 1.54) is 12.1 Å². The Morgan fingerprint density at radius 1 is 1.10 bits per heavy atom. The summed E-state index contributed by atoms with van der Waals surface area (Å²) in [6.45, 7) is 4.12. The van der Waals surface area contributed by atoms with Crippen LogP contribution in [0.1, 0.15) is 38.4 Å². The van der Waals surface area contributed by atoms with E-state index in [-0.39, 0.29) is 47.8 Å². The van der Waals surface area contributed by atoms with Crippen molar-refractivity contribution in [3.05, 3.63) is 66.1 Å². The number of aliphatic carboxylic acids is 1. The zero-order valence-corrected chi connectivity index (χ0v) is 20.0. The van der Waals surface area contributed by atoms with Gasteiger partial charge in [0.25, 0.3) is 0 Å². The first-order valence-corrected chi connectivity index (χ1v) is 9.93. The third-order valence-corrected chi connectivity index (χ3v) is 5.00. The number of para-hydroxylation sites is 1. The van der Waals surface area contributed by atoms with Crippen molar-refractivity contribution in [2.24, 2.45) is 0 Å². The molecule has 3 N–H and O–H groups in total. The maximum Gasteiger partial charge on any atom is 1.00 e. The van der Waals surface area contributed by atoms with Crippen LogP contribution in [0.15, 0.2) is 54.6 Å². The number of carboxylic acid groups (broad SMARTS) is 1. The zero-order valence-electron chi connectivity index (χ0n) is 18.0. The topological polar surface area (TPSA) is 82.7 Å². The Bertz CT molecular complexity index is 1060. The predicted octanol–water partition coefficient (Wildman–Crippen LogP) is 1.63. The number of hydrogen-bond acceptors (Lipinski definition) is 3. The zero-order chi connectivity index (χ0) is 21.8. The van der Waals surface area contributed by atoms with Gasteiger partial charge in [0.15, 0.2) is 0 Å². The number of fused-ring (bicyclic) bond motifs is 1. The summed E-state index contributed by atoms with van der Waals surface area (Å²) in [5.74, 6) is -1.43. The maximum absolute atomic E-state index is 13.5. The van der Waals surface area contributed by atoms with Crippen LogP contribution < -0.4 is 29.6 Å². The van der Waals surface area contributed by atoms with E-state index in [0.29, 0.717) is 0 Å². The van der Waals surface area contributed by atoms with Crippen molar-refractivity contribution >= 4 is 22.9 Å². The smallest absolute Gasteiger partial charge is 0.481 e. The first-order valence-electron chi connectivity index (χ1n) is 9.93. The molecule has 1 aromatic heterocycles. The van der Waals surface area contributed by atoms with Crippen LogP contribution in [0.2, 0.25) is 0 Å². The second kappa shape index (κ2) is 11.1. The van der Waals surface area contributed by atoms with Crippen molar-refractivity contribution in [2.45, 2.75) is 44.9 Å². The van der Waals surface area contributed by atoms with Crippen molar-refractivity contribution in [2.75, 3.05) is 0 Å². The number of rotatable bonds is 8. The van der Waals surface area contributed by atoms with E-state index in [0.717, 1.165) is 27.7 Å². The number of halogens is 1. The van der Waals surface area contributed by atoms with Crippen LogP contribution in [-0.4, -0.2) is 38.1 Å². The molecule has 0 saturated heterocycles. The predicted molar refractivity (Wildman–Crippen MR) is 116 cm³/mol. The number of carbonyl (C=O) groups is 1. The van der Waals surface area contributed by atoms with Gasteiger partial charge in [-0.15, -0.1) is 0 Å². The number of aliphatic hydroxyl groups is 2. The summed E-state index contributed by atoms with van der Waals surface area (Å²) in [5, 5.41) is 29.9. The van der Waals surface area contributed by atoms with E-state index in [1.807, 2.05) is 24.3 Å². The molecule has 0 fully saturated rings. The third kappa shape index (κ3) is 6.05. The number of aromatic nitrogens is 1. The van der Waals surface area contributed by atoms with Gasteiger partial charge in [0.2, 0.25) is 0 Å². The molecule has 0 aliphatic heterocycles. The fraction of sp³-hybridized carbons (Fsp3) is 0.292. The maximum atomic E-state index is 13.5. The second-order valence-electron chi connectivity index (χ2n) is 7.66. The van der Waals surface area contributed by atoms with Crippen LogP contribution >= 0.6 is 0 Å². The van der Waals surface area contributed by atoms with Crippen LogP contribution in [0.25, 0.3) is 28.1 Å². The molecule has 1 heterocycles. The standard InChI is InChI=1S/C24H26FNO4.Na/c1-15(2)26-21-6-4-3-5-20(21)24(16-7-9-17(25)10-8-16)22(26)12-11-18(27)13-19(28)14-23(29)30;/h3-12,15,18-19,27-28H,13-14H2,1-2H3,(H,29,30);/q;+1/b12-11+;/t18-,19-;/m1./s1. The average Bonchev–Trinajstić information content (AvgIpc) is 3.00. The number of benzene rings is 2. The molecule has 2 aromatic carbocycles. The summed E-state index contributed by atoms with van der Waals surface area (Å²) in [4.78, 5) is 10.7. The van der Waals surface area contributed by atoms with E-state index >= 15 is 0 Å². The number of aliphatic hydroxyl groups excluding tert-OH is 2. The van der Waals surface area contributed by atoms with E-state index in [4.69, 9.17) is 5.11 Å². The van der Waals surface area contributed by atoms with Crippen molar-refractivity contribution in [3.8, 4) is 11.1 Å². The molecule has 0 amide bonds. The van der Waals surface area contributed by atoms with Gasteiger partial charge in [-0.2, -0.15) is 0 Å². The van der Waals surface area contributed by atoms with Gasteiger partial charge in [0.1, 0.15) is 5.82 Å². The Morgan fingerprint density at radius 3 is 2.35 bits per heavy atom. The summed E-state index contributed by atoms with van der Waals surface area (Å²) in [6, 6.07) is 14.4. The molecule has 2 atom stereocenters. The Balaban J connectivity index is 0.00000341. The fourth-order valence-corrected chi connectivity index (χ4v) is 3.77. The van der Waals surface area contributed by atoms with Gasteiger partial charge in [0.05, 0.1) is 18.6 Å². The summed E-state index contributed by atoms with van der Waals surface area (Å²) in [6.07, 6.45) is 0.727. The van der Waals surface area contributed by atoms with Crippen molar-refractivity contribution in [1.29, 1.82) is 0 Å². The van der Waals surface area contributed by atoms with Gasteiger partial charge in [-0.1, -0.05) is 36.4 Å². The Hall–Kier alpha value is -1.96. The SMILES string of the molecule is CC(C)n1c(/C=C/[C@@H](O)C[C@@H](O)CC(=O)O)c(-c2ccc(F)cc2)c2ccccc21.[Na+]. The normalized spacial score (nSPS) is 13.5. The van der Waals surface area contributed by atoms with E-state index in [1.54, 1.807) is 24.3 Å². The van der Waals surface area contributed by atoms with Crippen molar-refractivity contribution < 1.29 is 54.1 Å². The Kier molecular flexibility index (Phi) is 9.03. The molecular weight excluding hydrogens is 408 g/mol. The number of hydrogen-bond donors (Lipinski definition) is 3. The van der Waals surface area contributed by atoms with Crippen LogP contribution in [0.5, 0.6) is 0 Å². The summed E-state index contributed by atoms with van der Waals surface area (Å²) >= 11 is 0. The molecule has 0 aliphatic carbocycles. The third-order valence-electron chi connectivity index (χ3n) is 5.00. The van der Waals surface area contributed by atoms with Crippen molar-refractivity contribution in [1.82, 2.24) is 4.57 Å². The summed E-state index contributed by atoms with van der Waals surface area (Å²) in [7, 11) is 0. The van der Waals surface area contributed by atoms with Gasteiger partial charge >= 0.3 is 35.5 Å². The first-order chi connectivity index (χ1) is 14.3. The van der Waals surface area contributed by atoms with Gasteiger partial charge in [0, 0.05) is 34.6 Å². The van der Waals surface area contributed by atoms with E-state index < -0.39 is 24.6 Å². The monoisotopic (exact) mass is 434 g/mol. The molecule has 5 nitrogen and oxygen atoms in total. The van der Waals surface area contributed by atoms with E-state index in [9.17, 15) is 19.4 Å². The average molecular weight is 434 g/mol. The minimum absolute atomic E-state index is 0. The van der Waals surface area contributed by atoms with E-state index in [2.05, 4.69) is 18.4 Å². The Morgan fingerprint density at radius 2 is 1.74 bits per heavy atom. The fourth-order valence-electron chi connectivity index (χ4n) is 3.77. The van der Waals surface area contributed by atoms with Crippen molar-refractivity contribution in [3.63, 3.8) is 0 Å². The quantitative estimate of drug-likeness (QED) is 0.471. The molecule has 0 unspecified atom stereocenters. The Labute approximate surface area is 203 Å². The van der Waals surface area contributed by atoms with Gasteiger partial charge in [-0.05, 0) is 43.7 Å². The molecule has 3 aromatic rings. The summed E-state index contributed by atoms with van der Waals surface area (Å²) in [5.41, 5.74) is 3.65. The first kappa shape index (κ1) is 25.3. The van der Waals surface area contributed by atoms with Crippen LogP contribution in [-0.2, 0) is 4.79 Å². The molecular formula is C24H26FNNaO4+. The molecule has 158 valence electrons. The van der Waals surface area contributed by atoms with Gasteiger partial charge < -0.3 is 19.9 Å². The van der Waals surface area contributed by atoms with Gasteiger partial charge in [-0.25, -0.2) is 4.39 Å². The molecule has 0 radical (unpaired) electrons. The molecule has 0 bridgehead atoms. The van der Waals surface area contributed by atoms with Crippen LogP contribution in [0.3, 0.4) is 0 Å². The van der Waals surface area contributed by atoms with Gasteiger partial charge in [-0.3, -0.25) is 4.79 Å². The number of carboxylic acids is 1. The molecule has 31 heavy (non-hydrogen) atoms. The molecule has 7 heteroatoms. The molecule has 0 spiro atoms. The second-order valence-corrected chi connectivity index (χ2v) is 7.66. The minimum atomic E-state index is -1.13. The molecule has 0 aliphatic rings. The summed E-state index contributed by atoms with van der Waals surface area (Å²) < 4.78 is 15.6. The van der Waals surface area contributed by atoms with Crippen LogP contribution in [0, 0.1) is 5.82 Å². The minimum Gasteiger partial charge on any atom is -0.481 e. The molecule has 3 rings (SSSR count). The largest absolute Gasteiger partial charge is 1.00 e.